The Balaban J connectivity index is 1.73. The number of carbonyl (C=O) groups is 2. The lowest BCUT2D eigenvalue weighted by atomic mass is 9.81. The van der Waals surface area contributed by atoms with Gasteiger partial charge in [-0.25, -0.2) is 0 Å². The third-order valence-corrected chi connectivity index (χ3v) is 9.68. The number of Topliss-reactive ketones (excluding diaryl/α,β-unsaturated/α-hetero) is 1. The molecule has 3 aromatic carbocycles. The summed E-state index contributed by atoms with van der Waals surface area (Å²) in [5.41, 5.74) is 5.01. The fourth-order valence-electron chi connectivity index (χ4n) is 7.53. The lowest BCUT2D eigenvalue weighted by Gasteiger charge is -2.51. The third kappa shape index (κ3) is 5.68. The summed E-state index contributed by atoms with van der Waals surface area (Å²) in [6.45, 7) is 5.85. The van der Waals surface area contributed by atoms with E-state index in [1.807, 2.05) is 51.2 Å². The second-order valence-corrected chi connectivity index (χ2v) is 12.1. The number of rotatable bonds is 13. The van der Waals surface area contributed by atoms with Gasteiger partial charge in [-0.1, -0.05) is 30.3 Å². The number of methoxy groups -OCH3 is 6. The fourth-order valence-corrected chi connectivity index (χ4v) is 7.53. The molecular formula is C37H46N2O9. The number of fused-ring (bicyclic) bond motifs is 4. The van der Waals surface area contributed by atoms with Gasteiger partial charge in [-0.3, -0.25) is 14.5 Å². The van der Waals surface area contributed by atoms with E-state index in [0.717, 1.165) is 22.3 Å². The van der Waals surface area contributed by atoms with Crippen molar-refractivity contribution in [2.75, 3.05) is 62.9 Å². The maximum atomic E-state index is 14.8. The molecule has 2 bridgehead atoms. The zero-order valence-electron chi connectivity index (χ0n) is 29.5. The summed E-state index contributed by atoms with van der Waals surface area (Å²) < 4.78 is 41.8. The Labute approximate surface area is 282 Å². The Kier molecular flexibility index (Phi) is 10.4. The van der Waals surface area contributed by atoms with Gasteiger partial charge in [0, 0.05) is 40.8 Å². The van der Waals surface area contributed by atoms with Crippen molar-refractivity contribution in [3.8, 4) is 34.5 Å². The molecule has 1 fully saturated rings. The van der Waals surface area contributed by atoms with Crippen LogP contribution in [0.2, 0.25) is 0 Å². The minimum atomic E-state index is -0.751. The zero-order valence-corrected chi connectivity index (χ0v) is 29.5. The standard InChI is InChI=1S/C37H46N2O9/c1-20-31(42-5)24-16-25-37(41)39(17-26(38(25)4)29(24)35(46-9)33(20)44-7)27(19-48-18-23-14-12-11-13-15-23)30-28(22(3)40)32(43-6)21(2)34(45-8)36(30)47-10/h11-15,25-27H,16-19H2,1-10H3/t25-,26-,27?/m0/s1. The van der Waals surface area contributed by atoms with Crippen molar-refractivity contribution in [2.45, 2.75) is 51.9 Å². The topological polar surface area (TPSA) is 105 Å². The molecule has 2 aliphatic rings. The van der Waals surface area contributed by atoms with Gasteiger partial charge in [0.05, 0.1) is 79.6 Å². The van der Waals surface area contributed by atoms with Crippen molar-refractivity contribution >= 4 is 11.7 Å². The van der Waals surface area contributed by atoms with E-state index >= 15 is 0 Å². The number of hydrogen-bond acceptors (Lipinski definition) is 10. The smallest absolute Gasteiger partial charge is 0.240 e. The summed E-state index contributed by atoms with van der Waals surface area (Å²) in [4.78, 5) is 32.2. The second-order valence-electron chi connectivity index (χ2n) is 12.1. The van der Waals surface area contributed by atoms with Gasteiger partial charge in [0.1, 0.15) is 11.5 Å². The molecule has 11 heteroatoms. The van der Waals surface area contributed by atoms with Gasteiger partial charge in [0.25, 0.3) is 0 Å². The number of ether oxygens (including phenoxy) is 7. The predicted octanol–water partition coefficient (Wildman–Crippen LogP) is 5.26. The van der Waals surface area contributed by atoms with Gasteiger partial charge in [-0.2, -0.15) is 0 Å². The van der Waals surface area contributed by atoms with Crippen LogP contribution in [0.5, 0.6) is 34.5 Å². The van der Waals surface area contributed by atoms with Crippen LogP contribution < -0.4 is 28.4 Å². The van der Waals surface area contributed by atoms with E-state index in [-0.39, 0.29) is 30.9 Å². The molecule has 0 radical (unpaired) electrons. The Hall–Kier alpha value is -4.48. The highest BCUT2D eigenvalue weighted by molar-refractivity contribution is 6.01. The lowest BCUT2D eigenvalue weighted by molar-refractivity contribution is -0.150. The third-order valence-electron chi connectivity index (χ3n) is 9.68. The highest BCUT2D eigenvalue weighted by atomic mass is 16.5. The maximum absolute atomic E-state index is 14.8. The number of piperazine rings is 1. The number of amides is 1. The average molecular weight is 663 g/mol. The van der Waals surface area contributed by atoms with Crippen molar-refractivity contribution in [3.05, 3.63) is 69.3 Å². The number of ketones is 1. The van der Waals surface area contributed by atoms with E-state index in [1.165, 1.54) is 21.1 Å². The largest absolute Gasteiger partial charge is 0.496 e. The van der Waals surface area contributed by atoms with Crippen LogP contribution in [0.1, 0.15) is 62.7 Å². The van der Waals surface area contributed by atoms with E-state index in [4.69, 9.17) is 33.2 Å². The molecule has 1 unspecified atom stereocenters. The highest BCUT2D eigenvalue weighted by Gasteiger charge is 2.50. The molecule has 5 rings (SSSR count). The number of benzene rings is 3. The van der Waals surface area contributed by atoms with Gasteiger partial charge in [0.2, 0.25) is 5.91 Å². The van der Waals surface area contributed by atoms with Crippen LogP contribution in [-0.2, 0) is 22.6 Å². The maximum Gasteiger partial charge on any atom is 0.240 e. The van der Waals surface area contributed by atoms with Gasteiger partial charge < -0.3 is 38.1 Å². The number of likely N-dealkylation sites (N-methyl/N-ethyl adjacent to an activating group) is 1. The molecule has 0 aliphatic carbocycles. The Morgan fingerprint density at radius 3 is 1.92 bits per heavy atom. The average Bonchev–Trinajstić information content (AvgIpc) is 3.08. The van der Waals surface area contributed by atoms with E-state index < -0.39 is 12.1 Å². The summed E-state index contributed by atoms with van der Waals surface area (Å²) in [5.74, 6) is 2.65. The van der Waals surface area contributed by atoms with Crippen molar-refractivity contribution in [2.24, 2.45) is 0 Å². The Morgan fingerprint density at radius 1 is 0.792 bits per heavy atom. The first-order valence-electron chi connectivity index (χ1n) is 15.9. The molecule has 11 nitrogen and oxygen atoms in total. The van der Waals surface area contributed by atoms with Crippen molar-refractivity contribution in [1.82, 2.24) is 9.80 Å². The van der Waals surface area contributed by atoms with Crippen LogP contribution in [0.4, 0.5) is 0 Å². The number of nitrogens with zero attached hydrogens (tertiary/aromatic N) is 2. The summed E-state index contributed by atoms with van der Waals surface area (Å²) >= 11 is 0. The molecule has 258 valence electrons. The van der Waals surface area contributed by atoms with Crippen LogP contribution in [-0.4, -0.2) is 90.4 Å². The molecule has 3 aromatic rings. The van der Waals surface area contributed by atoms with Crippen LogP contribution >= 0.6 is 0 Å². The minimum absolute atomic E-state index is 0.0698. The molecule has 48 heavy (non-hydrogen) atoms. The normalized spacial score (nSPS) is 17.8. The van der Waals surface area contributed by atoms with E-state index in [2.05, 4.69) is 4.90 Å². The molecule has 0 spiro atoms. The first-order chi connectivity index (χ1) is 23.1. The van der Waals surface area contributed by atoms with E-state index in [1.54, 1.807) is 33.3 Å². The molecule has 3 atom stereocenters. The molecule has 0 saturated carbocycles. The fraction of sp³-hybridized carbons (Fsp3) is 0.459. The molecule has 1 saturated heterocycles. The van der Waals surface area contributed by atoms with Gasteiger partial charge in [0.15, 0.2) is 28.8 Å². The molecule has 0 aromatic heterocycles. The summed E-state index contributed by atoms with van der Waals surface area (Å²) in [5, 5.41) is 0. The van der Waals surface area contributed by atoms with E-state index in [0.29, 0.717) is 64.2 Å². The summed E-state index contributed by atoms with van der Waals surface area (Å²) in [6, 6.07) is 8.22. The molecular weight excluding hydrogens is 616 g/mol. The molecule has 2 heterocycles. The number of carbonyl (C=O) groups excluding carboxylic acids is 2. The van der Waals surface area contributed by atoms with E-state index in [9.17, 15) is 9.59 Å². The number of hydrogen-bond donors (Lipinski definition) is 0. The molecule has 2 aliphatic heterocycles. The Bertz CT molecular complexity index is 1690. The SMILES string of the molecule is COc1c(C)c(OC)c(OC)c2c1C[C@H]1C(=O)N(C(COCc3ccccc3)c3c(OC)c(OC)c(C)c(OC)c3C(C)=O)C[C@@H]2N1C. The second kappa shape index (κ2) is 14.3. The summed E-state index contributed by atoms with van der Waals surface area (Å²) in [6.07, 6.45) is 0.386. The minimum Gasteiger partial charge on any atom is -0.496 e. The lowest BCUT2D eigenvalue weighted by Crippen LogP contribution is -2.61. The van der Waals surface area contributed by atoms with Gasteiger partial charge >= 0.3 is 0 Å². The van der Waals surface area contributed by atoms with Crippen LogP contribution in [0, 0.1) is 13.8 Å². The summed E-state index contributed by atoms with van der Waals surface area (Å²) in [7, 11) is 11.4. The molecule has 0 N–H and O–H groups in total. The van der Waals surface area contributed by atoms with Crippen molar-refractivity contribution in [1.29, 1.82) is 0 Å². The van der Waals surface area contributed by atoms with Gasteiger partial charge in [-0.05, 0) is 33.4 Å². The van der Waals surface area contributed by atoms with Crippen LogP contribution in [0.25, 0.3) is 0 Å². The van der Waals surface area contributed by atoms with Gasteiger partial charge in [-0.15, -0.1) is 0 Å². The van der Waals surface area contributed by atoms with Crippen molar-refractivity contribution < 1.29 is 42.7 Å². The quantitative estimate of drug-likeness (QED) is 0.225. The monoisotopic (exact) mass is 662 g/mol. The highest BCUT2D eigenvalue weighted by Crippen LogP contribution is 2.54. The predicted molar refractivity (Wildman–Crippen MR) is 180 cm³/mol. The first kappa shape index (κ1) is 34.8. The van der Waals surface area contributed by atoms with Crippen molar-refractivity contribution in [3.63, 3.8) is 0 Å². The Morgan fingerprint density at radius 2 is 1.35 bits per heavy atom. The van der Waals surface area contributed by atoms with Crippen LogP contribution in [0.15, 0.2) is 30.3 Å². The molecule has 1 amide bonds. The zero-order chi connectivity index (χ0) is 34.9. The first-order valence-corrected chi connectivity index (χ1v) is 15.9. The van der Waals surface area contributed by atoms with Crippen LogP contribution in [0.3, 0.4) is 0 Å².